The maximum Gasteiger partial charge on any atom is 0.410 e. The van der Waals surface area contributed by atoms with Crippen LogP contribution in [0.3, 0.4) is 0 Å². The van der Waals surface area contributed by atoms with Gasteiger partial charge >= 0.3 is 6.09 Å². The van der Waals surface area contributed by atoms with Crippen molar-refractivity contribution >= 4 is 6.09 Å². The van der Waals surface area contributed by atoms with Gasteiger partial charge in [-0.3, -0.25) is 0 Å². The number of ether oxygens (including phenoxy) is 2. The Labute approximate surface area is 144 Å². The third-order valence-corrected chi connectivity index (χ3v) is 3.34. The summed E-state index contributed by atoms with van der Waals surface area (Å²) in [6.45, 7) is 8.91. The number of nitriles is 1. The third-order valence-electron chi connectivity index (χ3n) is 3.34. The molecule has 0 saturated carbocycles. The predicted molar refractivity (Wildman–Crippen MR) is 92.7 cm³/mol. The number of likely N-dealkylation sites (N-methyl/N-ethyl adjacent to an activating group) is 1. The van der Waals surface area contributed by atoms with Crippen LogP contribution < -0.4 is 10.1 Å². The monoisotopic (exact) mass is 333 g/mol. The number of carbonyl (C=O) groups excluding carboxylic acids is 1. The van der Waals surface area contributed by atoms with Gasteiger partial charge in [-0.1, -0.05) is 12.1 Å². The number of hydrogen-bond acceptors (Lipinski definition) is 5. The zero-order valence-electron chi connectivity index (χ0n) is 15.1. The Hall–Kier alpha value is -2.26. The van der Waals surface area contributed by atoms with E-state index in [4.69, 9.17) is 14.7 Å². The molecule has 1 N–H and O–H groups in total. The molecule has 0 saturated heterocycles. The third kappa shape index (κ3) is 7.34. The summed E-state index contributed by atoms with van der Waals surface area (Å²) in [5.41, 5.74) is 0.611. The molecule has 132 valence electrons. The van der Waals surface area contributed by atoms with Crippen molar-refractivity contribution in [1.82, 2.24) is 10.2 Å². The first-order valence-corrected chi connectivity index (χ1v) is 7.98. The van der Waals surface area contributed by atoms with Crippen molar-refractivity contribution < 1.29 is 14.3 Å². The van der Waals surface area contributed by atoms with Gasteiger partial charge in [0.15, 0.2) is 6.61 Å². The quantitative estimate of drug-likeness (QED) is 0.830. The molecular formula is C18H27N3O3. The number of nitrogens with one attached hydrogen (secondary N) is 1. The highest BCUT2D eigenvalue weighted by atomic mass is 16.6. The Morgan fingerprint density at radius 1 is 1.33 bits per heavy atom. The molecule has 1 rings (SSSR count). The second kappa shape index (κ2) is 9.14. The van der Waals surface area contributed by atoms with Crippen LogP contribution in [0.25, 0.3) is 0 Å². The molecule has 1 amide bonds. The highest BCUT2D eigenvalue weighted by Gasteiger charge is 2.22. The molecule has 0 aliphatic heterocycles. The van der Waals surface area contributed by atoms with Gasteiger partial charge in [-0.25, -0.2) is 4.79 Å². The molecule has 0 fully saturated rings. The predicted octanol–water partition coefficient (Wildman–Crippen LogP) is 2.93. The van der Waals surface area contributed by atoms with Crippen LogP contribution in [0.4, 0.5) is 4.79 Å². The summed E-state index contributed by atoms with van der Waals surface area (Å²) >= 11 is 0. The summed E-state index contributed by atoms with van der Waals surface area (Å²) in [5, 5.41) is 11.8. The van der Waals surface area contributed by atoms with Crippen LogP contribution in [0.15, 0.2) is 24.3 Å². The standard InChI is InChI=1S/C18H27N3O3/c1-14(21(5)17(22)24-18(2,3)4)12-20-13-15-6-8-16(9-7-15)23-11-10-19/h6-9,14,20H,11-13H2,1-5H3. The lowest BCUT2D eigenvalue weighted by Crippen LogP contribution is -2.43. The van der Waals surface area contributed by atoms with Crippen LogP contribution >= 0.6 is 0 Å². The molecule has 0 radical (unpaired) electrons. The van der Waals surface area contributed by atoms with Gasteiger partial charge < -0.3 is 19.7 Å². The number of nitrogens with zero attached hydrogens (tertiary/aromatic N) is 2. The Balaban J connectivity index is 2.38. The van der Waals surface area contributed by atoms with E-state index in [0.717, 1.165) is 5.56 Å². The van der Waals surface area contributed by atoms with Crippen LogP contribution in [0, 0.1) is 11.3 Å². The number of rotatable bonds is 7. The lowest BCUT2D eigenvalue weighted by Gasteiger charge is -2.28. The van der Waals surface area contributed by atoms with Gasteiger partial charge in [0.1, 0.15) is 17.4 Å². The van der Waals surface area contributed by atoms with Crippen molar-refractivity contribution in [1.29, 1.82) is 5.26 Å². The topological polar surface area (TPSA) is 74.6 Å². The van der Waals surface area contributed by atoms with E-state index in [2.05, 4.69) is 5.32 Å². The molecular weight excluding hydrogens is 306 g/mol. The molecule has 24 heavy (non-hydrogen) atoms. The maximum absolute atomic E-state index is 12.0. The first-order valence-electron chi connectivity index (χ1n) is 7.98. The van der Waals surface area contributed by atoms with E-state index in [1.54, 1.807) is 11.9 Å². The van der Waals surface area contributed by atoms with Crippen molar-refractivity contribution in [2.45, 2.75) is 45.9 Å². The Kier molecular flexibility index (Phi) is 7.53. The Morgan fingerprint density at radius 2 is 1.96 bits per heavy atom. The zero-order valence-corrected chi connectivity index (χ0v) is 15.1. The fraction of sp³-hybridized carbons (Fsp3) is 0.556. The number of carbonyl (C=O) groups is 1. The molecule has 1 unspecified atom stereocenters. The van der Waals surface area contributed by atoms with E-state index in [0.29, 0.717) is 18.8 Å². The zero-order chi connectivity index (χ0) is 18.2. The average Bonchev–Trinajstić information content (AvgIpc) is 2.51. The highest BCUT2D eigenvalue weighted by Crippen LogP contribution is 2.12. The normalized spacial score (nSPS) is 12.2. The fourth-order valence-electron chi connectivity index (χ4n) is 1.90. The maximum atomic E-state index is 12.0. The minimum Gasteiger partial charge on any atom is -0.479 e. The van der Waals surface area contributed by atoms with Gasteiger partial charge in [0.2, 0.25) is 0 Å². The largest absolute Gasteiger partial charge is 0.479 e. The van der Waals surface area contributed by atoms with Crippen LogP contribution in [0.1, 0.15) is 33.3 Å². The molecule has 0 bridgehead atoms. The summed E-state index contributed by atoms with van der Waals surface area (Å²) in [4.78, 5) is 13.6. The number of benzene rings is 1. The second-order valence-corrected chi connectivity index (χ2v) is 6.66. The first kappa shape index (κ1) is 19.8. The van der Waals surface area contributed by atoms with Crippen molar-refractivity contribution in [2.75, 3.05) is 20.2 Å². The lowest BCUT2D eigenvalue weighted by molar-refractivity contribution is 0.0236. The van der Waals surface area contributed by atoms with Crippen molar-refractivity contribution in [3.8, 4) is 11.8 Å². The molecule has 1 aromatic rings. The molecule has 1 aromatic carbocycles. The van der Waals surface area contributed by atoms with Gasteiger partial charge in [0, 0.05) is 26.2 Å². The highest BCUT2D eigenvalue weighted by molar-refractivity contribution is 5.68. The second-order valence-electron chi connectivity index (χ2n) is 6.66. The van der Waals surface area contributed by atoms with E-state index in [1.807, 2.05) is 58.0 Å². The lowest BCUT2D eigenvalue weighted by atomic mass is 10.2. The Bertz CT molecular complexity index is 558. The van der Waals surface area contributed by atoms with Gasteiger partial charge in [-0.2, -0.15) is 5.26 Å². The summed E-state index contributed by atoms with van der Waals surface area (Å²) in [6, 6.07) is 9.51. The van der Waals surface area contributed by atoms with E-state index >= 15 is 0 Å². The first-order chi connectivity index (χ1) is 11.2. The smallest absolute Gasteiger partial charge is 0.410 e. The summed E-state index contributed by atoms with van der Waals surface area (Å²) < 4.78 is 10.6. The minimum absolute atomic E-state index is 0.0121. The number of amides is 1. The van der Waals surface area contributed by atoms with E-state index in [-0.39, 0.29) is 18.7 Å². The van der Waals surface area contributed by atoms with Crippen molar-refractivity contribution in [3.63, 3.8) is 0 Å². The van der Waals surface area contributed by atoms with Crippen LogP contribution in [-0.2, 0) is 11.3 Å². The summed E-state index contributed by atoms with van der Waals surface area (Å²) in [6.07, 6.45) is -0.323. The van der Waals surface area contributed by atoms with E-state index < -0.39 is 5.60 Å². The van der Waals surface area contributed by atoms with Gasteiger partial charge in [-0.05, 0) is 45.4 Å². The molecule has 0 heterocycles. The molecule has 0 aromatic heterocycles. The van der Waals surface area contributed by atoms with Crippen LogP contribution in [-0.4, -0.2) is 42.8 Å². The number of hydrogen-bond donors (Lipinski definition) is 1. The molecule has 0 spiro atoms. The molecule has 1 atom stereocenters. The van der Waals surface area contributed by atoms with Crippen LogP contribution in [0.5, 0.6) is 5.75 Å². The van der Waals surface area contributed by atoms with Crippen molar-refractivity contribution in [2.24, 2.45) is 0 Å². The molecule has 0 aliphatic rings. The van der Waals surface area contributed by atoms with Gasteiger partial charge in [-0.15, -0.1) is 0 Å². The van der Waals surface area contributed by atoms with Crippen LogP contribution in [0.2, 0.25) is 0 Å². The SMILES string of the molecule is CC(CNCc1ccc(OCC#N)cc1)N(C)C(=O)OC(C)(C)C. The van der Waals surface area contributed by atoms with E-state index in [1.165, 1.54) is 0 Å². The minimum atomic E-state index is -0.492. The fourth-order valence-corrected chi connectivity index (χ4v) is 1.90. The summed E-state index contributed by atoms with van der Waals surface area (Å²) in [7, 11) is 1.74. The molecule has 6 heteroatoms. The molecule has 0 aliphatic carbocycles. The van der Waals surface area contributed by atoms with Crippen molar-refractivity contribution in [3.05, 3.63) is 29.8 Å². The van der Waals surface area contributed by atoms with Gasteiger partial charge in [0.25, 0.3) is 0 Å². The van der Waals surface area contributed by atoms with Gasteiger partial charge in [0.05, 0.1) is 0 Å². The average molecular weight is 333 g/mol. The van der Waals surface area contributed by atoms with E-state index in [9.17, 15) is 4.79 Å². The Morgan fingerprint density at radius 3 is 2.50 bits per heavy atom. The summed E-state index contributed by atoms with van der Waals surface area (Å²) in [5.74, 6) is 0.679. The molecule has 6 nitrogen and oxygen atoms in total.